The van der Waals surface area contributed by atoms with Crippen LogP contribution in [0.5, 0.6) is 11.5 Å². The SMILES string of the molecule is OB(O)c1cc(F)ccc1OCC1Cc2ccccc2O1. The number of halogens is 1. The second-order valence-electron chi connectivity index (χ2n) is 4.92. The quantitative estimate of drug-likeness (QED) is 0.820. The molecule has 2 N–H and O–H groups in total. The molecular formula is C15H14BFO4. The van der Waals surface area contributed by atoms with Gasteiger partial charge in [-0.15, -0.1) is 0 Å². The molecule has 0 aliphatic carbocycles. The summed E-state index contributed by atoms with van der Waals surface area (Å²) in [7, 11) is -1.78. The van der Waals surface area contributed by atoms with Crippen molar-refractivity contribution >= 4 is 12.6 Å². The second kappa shape index (κ2) is 5.75. The predicted molar refractivity (Wildman–Crippen MR) is 76.3 cm³/mol. The van der Waals surface area contributed by atoms with Crippen LogP contribution in [-0.4, -0.2) is 29.9 Å². The lowest BCUT2D eigenvalue weighted by Gasteiger charge is -2.15. The number of benzene rings is 2. The molecule has 3 rings (SSSR count). The minimum absolute atomic E-state index is 0.00510. The van der Waals surface area contributed by atoms with Gasteiger partial charge in [0.15, 0.2) is 0 Å². The highest BCUT2D eigenvalue weighted by Crippen LogP contribution is 2.28. The summed E-state index contributed by atoms with van der Waals surface area (Å²) < 4.78 is 24.4. The third-order valence-electron chi connectivity index (χ3n) is 3.39. The average Bonchev–Trinajstić information content (AvgIpc) is 2.88. The summed E-state index contributed by atoms with van der Waals surface area (Å²) in [6, 6.07) is 11.4. The number of ether oxygens (including phenoxy) is 2. The number of hydrogen-bond acceptors (Lipinski definition) is 4. The fraction of sp³-hybridized carbons (Fsp3) is 0.200. The molecule has 108 valence electrons. The molecule has 0 aromatic heterocycles. The molecule has 21 heavy (non-hydrogen) atoms. The monoisotopic (exact) mass is 288 g/mol. The Bertz CT molecular complexity index is 622. The van der Waals surface area contributed by atoms with Crippen molar-refractivity contribution in [3.8, 4) is 11.5 Å². The van der Waals surface area contributed by atoms with Crippen molar-refractivity contribution in [1.82, 2.24) is 0 Å². The first-order valence-corrected chi connectivity index (χ1v) is 6.66. The Morgan fingerprint density at radius 2 is 2.05 bits per heavy atom. The molecule has 0 radical (unpaired) electrons. The van der Waals surface area contributed by atoms with Crippen LogP contribution in [0.1, 0.15) is 5.56 Å². The summed E-state index contributed by atoms with van der Waals surface area (Å²) in [5.74, 6) is 0.536. The van der Waals surface area contributed by atoms with Crippen LogP contribution in [0.25, 0.3) is 0 Å². The maximum Gasteiger partial charge on any atom is 0.492 e. The summed E-state index contributed by atoms with van der Waals surface area (Å²) in [4.78, 5) is 0. The van der Waals surface area contributed by atoms with E-state index in [9.17, 15) is 14.4 Å². The molecule has 1 heterocycles. The van der Waals surface area contributed by atoms with Gasteiger partial charge in [-0.25, -0.2) is 4.39 Å². The Labute approximate surface area is 121 Å². The van der Waals surface area contributed by atoms with Crippen LogP contribution in [0.15, 0.2) is 42.5 Å². The molecule has 1 unspecified atom stereocenters. The van der Waals surface area contributed by atoms with Crippen LogP contribution in [0.2, 0.25) is 0 Å². The molecule has 0 amide bonds. The van der Waals surface area contributed by atoms with E-state index >= 15 is 0 Å². The summed E-state index contributed by atoms with van der Waals surface area (Å²) in [6.07, 6.45) is 0.588. The lowest BCUT2D eigenvalue weighted by atomic mass is 9.79. The molecule has 2 aromatic carbocycles. The fourth-order valence-electron chi connectivity index (χ4n) is 2.38. The third kappa shape index (κ3) is 3.01. The highest BCUT2D eigenvalue weighted by atomic mass is 19.1. The smallest absolute Gasteiger partial charge is 0.490 e. The minimum Gasteiger partial charge on any atom is -0.490 e. The maximum absolute atomic E-state index is 13.1. The largest absolute Gasteiger partial charge is 0.492 e. The highest BCUT2D eigenvalue weighted by Gasteiger charge is 2.24. The molecule has 1 atom stereocenters. The van der Waals surface area contributed by atoms with Gasteiger partial charge in [-0.1, -0.05) is 18.2 Å². The Balaban J connectivity index is 1.67. The summed E-state index contributed by atoms with van der Waals surface area (Å²) in [6.45, 7) is 0.250. The zero-order chi connectivity index (χ0) is 14.8. The van der Waals surface area contributed by atoms with Gasteiger partial charge in [-0.05, 0) is 29.8 Å². The molecule has 0 saturated heterocycles. The van der Waals surface area contributed by atoms with E-state index in [1.165, 1.54) is 12.1 Å². The van der Waals surface area contributed by atoms with E-state index in [-0.39, 0.29) is 23.9 Å². The zero-order valence-electron chi connectivity index (χ0n) is 11.2. The molecule has 6 heteroatoms. The van der Waals surface area contributed by atoms with Crippen molar-refractivity contribution in [2.24, 2.45) is 0 Å². The van der Waals surface area contributed by atoms with Crippen LogP contribution < -0.4 is 14.9 Å². The van der Waals surface area contributed by atoms with Gasteiger partial charge in [0.05, 0.1) is 0 Å². The number of fused-ring (bicyclic) bond motifs is 1. The van der Waals surface area contributed by atoms with Crippen LogP contribution in [0, 0.1) is 5.82 Å². The van der Waals surface area contributed by atoms with Crippen molar-refractivity contribution in [2.75, 3.05) is 6.61 Å². The lowest BCUT2D eigenvalue weighted by molar-refractivity contribution is 0.149. The zero-order valence-corrected chi connectivity index (χ0v) is 11.2. The van der Waals surface area contributed by atoms with Crippen molar-refractivity contribution in [3.05, 3.63) is 53.8 Å². The van der Waals surface area contributed by atoms with E-state index in [1.54, 1.807) is 0 Å². The molecule has 4 nitrogen and oxygen atoms in total. The topological polar surface area (TPSA) is 58.9 Å². The summed E-state index contributed by atoms with van der Waals surface area (Å²) >= 11 is 0. The van der Waals surface area contributed by atoms with Gasteiger partial charge in [0.2, 0.25) is 0 Å². The molecule has 0 fully saturated rings. The van der Waals surface area contributed by atoms with E-state index in [0.29, 0.717) is 0 Å². The lowest BCUT2D eigenvalue weighted by Crippen LogP contribution is -2.33. The van der Waals surface area contributed by atoms with Crippen LogP contribution in [0.3, 0.4) is 0 Å². The van der Waals surface area contributed by atoms with Crippen LogP contribution in [-0.2, 0) is 6.42 Å². The second-order valence-corrected chi connectivity index (χ2v) is 4.92. The van der Waals surface area contributed by atoms with Crippen molar-refractivity contribution in [2.45, 2.75) is 12.5 Å². The van der Waals surface area contributed by atoms with Crippen molar-refractivity contribution < 1.29 is 23.9 Å². The fourth-order valence-corrected chi connectivity index (χ4v) is 2.38. The molecule has 1 aliphatic rings. The number of rotatable bonds is 4. The van der Waals surface area contributed by atoms with Gasteiger partial charge in [-0.2, -0.15) is 0 Å². The predicted octanol–water partition coefficient (Wildman–Crippen LogP) is 0.888. The van der Waals surface area contributed by atoms with Gasteiger partial charge < -0.3 is 19.5 Å². The maximum atomic E-state index is 13.1. The van der Waals surface area contributed by atoms with Gasteiger partial charge in [0, 0.05) is 11.9 Å². The third-order valence-corrected chi connectivity index (χ3v) is 3.39. The minimum atomic E-state index is -1.78. The average molecular weight is 288 g/mol. The highest BCUT2D eigenvalue weighted by molar-refractivity contribution is 6.59. The van der Waals surface area contributed by atoms with E-state index in [1.807, 2.05) is 24.3 Å². The normalized spacial score (nSPS) is 16.2. The van der Waals surface area contributed by atoms with Crippen molar-refractivity contribution in [3.63, 3.8) is 0 Å². The van der Waals surface area contributed by atoms with Crippen LogP contribution in [0.4, 0.5) is 4.39 Å². The number of hydrogen-bond donors (Lipinski definition) is 2. The molecule has 0 spiro atoms. The Morgan fingerprint density at radius 1 is 1.24 bits per heavy atom. The first kappa shape index (κ1) is 13.9. The van der Waals surface area contributed by atoms with E-state index < -0.39 is 12.9 Å². The molecule has 0 bridgehead atoms. The molecule has 2 aromatic rings. The standard InChI is InChI=1S/C15H14BFO4/c17-11-5-6-15(13(8-11)16(18)19)20-9-12-7-10-3-1-2-4-14(10)21-12/h1-6,8,12,18-19H,7,9H2. The molecular weight excluding hydrogens is 274 g/mol. The van der Waals surface area contributed by atoms with E-state index in [2.05, 4.69) is 0 Å². The number of para-hydroxylation sites is 1. The first-order valence-electron chi connectivity index (χ1n) is 6.66. The summed E-state index contributed by atoms with van der Waals surface area (Å²) in [5, 5.41) is 18.5. The molecule has 1 aliphatic heterocycles. The van der Waals surface area contributed by atoms with E-state index in [4.69, 9.17) is 9.47 Å². The van der Waals surface area contributed by atoms with Gasteiger partial charge in [0.25, 0.3) is 0 Å². The summed E-state index contributed by atoms with van der Waals surface area (Å²) in [5.41, 5.74) is 1.12. The molecule has 0 saturated carbocycles. The Kier molecular flexibility index (Phi) is 3.81. The Hall–Kier alpha value is -2.05. The van der Waals surface area contributed by atoms with Gasteiger partial charge in [-0.3, -0.25) is 0 Å². The van der Waals surface area contributed by atoms with Crippen molar-refractivity contribution in [1.29, 1.82) is 0 Å². The van der Waals surface area contributed by atoms with E-state index in [0.717, 1.165) is 23.8 Å². The Morgan fingerprint density at radius 3 is 2.81 bits per heavy atom. The van der Waals surface area contributed by atoms with Gasteiger partial charge >= 0.3 is 7.12 Å². The first-order chi connectivity index (χ1) is 10.1. The van der Waals surface area contributed by atoms with Gasteiger partial charge in [0.1, 0.15) is 30.0 Å². The van der Waals surface area contributed by atoms with Crippen LogP contribution >= 0.6 is 0 Å².